The van der Waals surface area contributed by atoms with Crippen LogP contribution in [-0.2, 0) is 24.0 Å². The standard InChI is InChI=1S/C12H20N4O8/c13-5(4-17)10(21)15-6(1-2-8(14)18)11(22)16-7(12(23)24)3-9(19)20/h5-7,17H,1-4,13H2,(H2,14,18)(H,15,21)(H,16,22)(H,19,20)(H,23,24). The fourth-order valence-corrected chi connectivity index (χ4v) is 1.56. The molecule has 0 saturated heterocycles. The van der Waals surface area contributed by atoms with Crippen molar-refractivity contribution in [2.24, 2.45) is 11.5 Å². The number of aliphatic hydroxyl groups excluding tert-OH is 1. The Bertz CT molecular complexity index is 509. The van der Waals surface area contributed by atoms with Crippen LogP contribution in [0.15, 0.2) is 0 Å². The molecule has 0 aliphatic heterocycles. The van der Waals surface area contributed by atoms with E-state index in [1.807, 2.05) is 5.32 Å². The lowest BCUT2D eigenvalue weighted by Crippen LogP contribution is -2.55. The number of nitrogens with two attached hydrogens (primary N) is 2. The van der Waals surface area contributed by atoms with E-state index in [1.165, 1.54) is 0 Å². The van der Waals surface area contributed by atoms with E-state index in [0.717, 1.165) is 0 Å². The third-order valence-corrected chi connectivity index (χ3v) is 2.84. The van der Waals surface area contributed by atoms with E-state index in [-0.39, 0.29) is 12.8 Å². The molecule has 3 amide bonds. The van der Waals surface area contributed by atoms with Crippen molar-refractivity contribution in [2.45, 2.75) is 37.4 Å². The highest BCUT2D eigenvalue weighted by atomic mass is 16.4. The van der Waals surface area contributed by atoms with Crippen LogP contribution in [0.5, 0.6) is 0 Å². The third-order valence-electron chi connectivity index (χ3n) is 2.84. The minimum absolute atomic E-state index is 0.259. The van der Waals surface area contributed by atoms with E-state index in [0.29, 0.717) is 0 Å². The van der Waals surface area contributed by atoms with Gasteiger partial charge >= 0.3 is 11.9 Å². The quantitative estimate of drug-likeness (QED) is 0.193. The van der Waals surface area contributed by atoms with Gasteiger partial charge in [-0.25, -0.2) is 4.79 Å². The van der Waals surface area contributed by atoms with Gasteiger partial charge in [0.15, 0.2) is 0 Å². The average Bonchev–Trinajstić information content (AvgIpc) is 2.48. The van der Waals surface area contributed by atoms with E-state index in [1.54, 1.807) is 0 Å². The van der Waals surface area contributed by atoms with Gasteiger partial charge in [-0.05, 0) is 6.42 Å². The number of carboxylic acid groups (broad SMARTS) is 2. The summed E-state index contributed by atoms with van der Waals surface area (Å²) in [6, 6.07) is -4.43. The van der Waals surface area contributed by atoms with Crippen LogP contribution in [0.3, 0.4) is 0 Å². The molecule has 9 N–H and O–H groups in total. The first kappa shape index (κ1) is 21.3. The molecule has 24 heavy (non-hydrogen) atoms. The van der Waals surface area contributed by atoms with Crippen molar-refractivity contribution in [1.82, 2.24) is 10.6 Å². The molecule has 0 bridgehead atoms. The average molecular weight is 348 g/mol. The summed E-state index contributed by atoms with van der Waals surface area (Å²) < 4.78 is 0. The van der Waals surface area contributed by atoms with Crippen LogP contribution >= 0.6 is 0 Å². The molecule has 0 heterocycles. The van der Waals surface area contributed by atoms with E-state index in [4.69, 9.17) is 26.8 Å². The molecule has 12 nitrogen and oxygen atoms in total. The third kappa shape index (κ3) is 8.05. The maximum atomic E-state index is 12.1. The number of rotatable bonds is 11. The van der Waals surface area contributed by atoms with Crippen LogP contribution < -0.4 is 22.1 Å². The van der Waals surface area contributed by atoms with Crippen LogP contribution in [0.25, 0.3) is 0 Å². The first-order valence-electron chi connectivity index (χ1n) is 6.78. The van der Waals surface area contributed by atoms with Gasteiger partial charge in [0.25, 0.3) is 0 Å². The Kier molecular flexibility index (Phi) is 8.97. The second-order valence-electron chi connectivity index (χ2n) is 4.85. The molecule has 3 unspecified atom stereocenters. The smallest absolute Gasteiger partial charge is 0.326 e. The van der Waals surface area contributed by atoms with Gasteiger partial charge in [0, 0.05) is 6.42 Å². The fourth-order valence-electron chi connectivity index (χ4n) is 1.56. The maximum absolute atomic E-state index is 12.1. The molecular weight excluding hydrogens is 328 g/mol. The minimum Gasteiger partial charge on any atom is -0.481 e. The van der Waals surface area contributed by atoms with Crippen LogP contribution in [0, 0.1) is 0 Å². The molecule has 0 spiro atoms. The number of aliphatic carboxylic acids is 2. The highest BCUT2D eigenvalue weighted by molar-refractivity contribution is 5.93. The van der Waals surface area contributed by atoms with Crippen molar-refractivity contribution in [1.29, 1.82) is 0 Å². The summed E-state index contributed by atoms with van der Waals surface area (Å²) in [4.78, 5) is 56.0. The molecule has 0 saturated carbocycles. The summed E-state index contributed by atoms with van der Waals surface area (Å²) in [5.74, 6) is -5.75. The van der Waals surface area contributed by atoms with Crippen LogP contribution in [0.4, 0.5) is 0 Å². The van der Waals surface area contributed by atoms with Crippen LogP contribution in [0.1, 0.15) is 19.3 Å². The Morgan fingerprint density at radius 1 is 0.958 bits per heavy atom. The number of amides is 3. The SMILES string of the molecule is NC(=O)CCC(NC(=O)C(N)CO)C(=O)NC(CC(=O)O)C(=O)O. The van der Waals surface area contributed by atoms with Crippen molar-refractivity contribution >= 4 is 29.7 Å². The van der Waals surface area contributed by atoms with E-state index < -0.39 is 60.8 Å². The largest absolute Gasteiger partial charge is 0.481 e. The van der Waals surface area contributed by atoms with Crippen molar-refractivity contribution in [3.05, 3.63) is 0 Å². The Morgan fingerprint density at radius 3 is 1.92 bits per heavy atom. The molecule has 0 aliphatic rings. The number of aliphatic hydroxyl groups is 1. The van der Waals surface area contributed by atoms with E-state index >= 15 is 0 Å². The summed E-state index contributed by atoms with van der Waals surface area (Å²) in [7, 11) is 0. The van der Waals surface area contributed by atoms with Gasteiger partial charge in [-0.15, -0.1) is 0 Å². The minimum atomic E-state index is -1.73. The molecule has 0 aromatic rings. The van der Waals surface area contributed by atoms with E-state index in [2.05, 4.69) is 5.32 Å². The summed E-state index contributed by atoms with van der Waals surface area (Å²) in [6.45, 7) is -0.702. The second kappa shape index (κ2) is 10.1. The van der Waals surface area contributed by atoms with Crippen molar-refractivity contribution in [3.63, 3.8) is 0 Å². The van der Waals surface area contributed by atoms with E-state index in [9.17, 15) is 24.0 Å². The zero-order valence-corrected chi connectivity index (χ0v) is 12.6. The lowest BCUT2D eigenvalue weighted by atomic mass is 10.1. The van der Waals surface area contributed by atoms with Crippen LogP contribution in [-0.4, -0.2) is 69.7 Å². The van der Waals surface area contributed by atoms with Gasteiger partial charge < -0.3 is 37.4 Å². The fraction of sp³-hybridized carbons (Fsp3) is 0.583. The zero-order chi connectivity index (χ0) is 18.9. The number of nitrogens with one attached hydrogen (secondary N) is 2. The Balaban J connectivity index is 5.05. The Morgan fingerprint density at radius 2 is 1.50 bits per heavy atom. The molecule has 0 aliphatic carbocycles. The van der Waals surface area contributed by atoms with Gasteiger partial charge in [0.1, 0.15) is 18.1 Å². The van der Waals surface area contributed by atoms with Gasteiger partial charge in [0.2, 0.25) is 17.7 Å². The Labute approximate surface area is 136 Å². The van der Waals surface area contributed by atoms with Crippen molar-refractivity contribution in [3.8, 4) is 0 Å². The van der Waals surface area contributed by atoms with Crippen LogP contribution in [0.2, 0.25) is 0 Å². The lowest BCUT2D eigenvalue weighted by molar-refractivity contribution is -0.147. The van der Waals surface area contributed by atoms with Gasteiger partial charge in [-0.3, -0.25) is 19.2 Å². The predicted octanol–water partition coefficient (Wildman–Crippen LogP) is -3.90. The summed E-state index contributed by atoms with van der Waals surface area (Å²) in [6.07, 6.45) is -1.44. The highest BCUT2D eigenvalue weighted by Gasteiger charge is 2.29. The summed E-state index contributed by atoms with van der Waals surface area (Å²) in [5, 5.41) is 30.4. The molecule has 3 atom stereocenters. The molecule has 0 aromatic heterocycles. The highest BCUT2D eigenvalue weighted by Crippen LogP contribution is 2.01. The normalized spacial score (nSPS) is 14.1. The Hall–Kier alpha value is -2.73. The number of carbonyl (C=O) groups excluding carboxylic acids is 3. The molecule has 0 radical (unpaired) electrons. The summed E-state index contributed by atoms with van der Waals surface area (Å²) >= 11 is 0. The lowest BCUT2D eigenvalue weighted by Gasteiger charge is -2.21. The first-order chi connectivity index (χ1) is 11.1. The number of carboxylic acids is 2. The molecule has 0 rings (SSSR count). The summed E-state index contributed by atoms with van der Waals surface area (Å²) in [5.41, 5.74) is 10.2. The van der Waals surface area contributed by atoms with Crippen molar-refractivity contribution in [2.75, 3.05) is 6.61 Å². The van der Waals surface area contributed by atoms with Crippen molar-refractivity contribution < 1.29 is 39.3 Å². The molecule has 136 valence electrons. The predicted molar refractivity (Wildman–Crippen MR) is 77.2 cm³/mol. The number of primary amides is 1. The van der Waals surface area contributed by atoms with Gasteiger partial charge in [-0.1, -0.05) is 0 Å². The topological polar surface area (TPSA) is 222 Å². The molecule has 0 fully saturated rings. The monoisotopic (exact) mass is 348 g/mol. The number of hydrogen-bond donors (Lipinski definition) is 7. The number of hydrogen-bond acceptors (Lipinski definition) is 7. The second-order valence-corrected chi connectivity index (χ2v) is 4.85. The molecule has 0 aromatic carbocycles. The first-order valence-corrected chi connectivity index (χ1v) is 6.78. The molecular formula is C12H20N4O8. The zero-order valence-electron chi connectivity index (χ0n) is 12.6. The number of carbonyl (C=O) groups is 5. The van der Waals surface area contributed by atoms with Gasteiger partial charge in [-0.2, -0.15) is 0 Å². The maximum Gasteiger partial charge on any atom is 0.326 e. The van der Waals surface area contributed by atoms with Gasteiger partial charge in [0.05, 0.1) is 13.0 Å². The molecule has 12 heteroatoms.